The summed E-state index contributed by atoms with van der Waals surface area (Å²) >= 11 is 2.60. The van der Waals surface area contributed by atoms with Gasteiger partial charge in [0.2, 0.25) is 11.8 Å². The van der Waals surface area contributed by atoms with Crippen LogP contribution in [0.4, 0.5) is 10.8 Å². The number of benzene rings is 1. The van der Waals surface area contributed by atoms with Crippen molar-refractivity contribution in [2.45, 2.75) is 0 Å². The molecule has 0 aliphatic heterocycles. The van der Waals surface area contributed by atoms with E-state index in [0.29, 0.717) is 10.8 Å². The third-order valence-corrected chi connectivity index (χ3v) is 4.14. The number of thioether (sulfide) groups is 1. The van der Waals surface area contributed by atoms with Gasteiger partial charge in [-0.15, -0.1) is 23.1 Å². The van der Waals surface area contributed by atoms with Gasteiger partial charge >= 0.3 is 0 Å². The summed E-state index contributed by atoms with van der Waals surface area (Å²) in [6, 6.07) is 7.06. The predicted molar refractivity (Wildman–Crippen MR) is 89.7 cm³/mol. The van der Waals surface area contributed by atoms with Gasteiger partial charge in [-0.25, -0.2) is 4.98 Å². The molecule has 0 radical (unpaired) electrons. The van der Waals surface area contributed by atoms with Gasteiger partial charge in [0.25, 0.3) is 0 Å². The van der Waals surface area contributed by atoms with Gasteiger partial charge in [-0.05, 0) is 24.3 Å². The highest BCUT2D eigenvalue weighted by molar-refractivity contribution is 8.00. The molecule has 0 aliphatic rings. The molecule has 116 valence electrons. The first-order valence-corrected chi connectivity index (χ1v) is 8.42. The van der Waals surface area contributed by atoms with Crippen LogP contribution >= 0.6 is 23.1 Å². The standard InChI is InChI=1S/C14H15N3O3S2/c1-20-11-4-2-10(3-5-11)16-12(18)8-21-9-13(19)17-14-15-6-7-22-14/h2-7H,8-9H2,1H3,(H,16,18)(H,15,17,19). The molecule has 0 unspecified atom stereocenters. The summed E-state index contributed by atoms with van der Waals surface area (Å²) in [5.41, 5.74) is 0.693. The van der Waals surface area contributed by atoms with Crippen molar-refractivity contribution in [1.82, 2.24) is 4.98 Å². The lowest BCUT2D eigenvalue weighted by Gasteiger charge is -2.06. The quantitative estimate of drug-likeness (QED) is 0.811. The SMILES string of the molecule is COc1ccc(NC(=O)CSCC(=O)Nc2nccs2)cc1. The molecule has 0 atom stereocenters. The average molecular weight is 337 g/mol. The second-order valence-electron chi connectivity index (χ2n) is 4.15. The fraction of sp³-hybridized carbons (Fsp3) is 0.214. The molecule has 1 aromatic heterocycles. The van der Waals surface area contributed by atoms with Crippen LogP contribution in [0.2, 0.25) is 0 Å². The van der Waals surface area contributed by atoms with E-state index >= 15 is 0 Å². The molecule has 22 heavy (non-hydrogen) atoms. The van der Waals surface area contributed by atoms with Crippen LogP contribution < -0.4 is 15.4 Å². The molecule has 8 heteroatoms. The van der Waals surface area contributed by atoms with E-state index in [2.05, 4.69) is 15.6 Å². The molecule has 0 aliphatic carbocycles. The number of carbonyl (C=O) groups excluding carboxylic acids is 2. The topological polar surface area (TPSA) is 80.3 Å². The zero-order valence-electron chi connectivity index (χ0n) is 11.9. The smallest absolute Gasteiger partial charge is 0.236 e. The van der Waals surface area contributed by atoms with E-state index in [1.807, 2.05) is 0 Å². The monoisotopic (exact) mass is 337 g/mol. The lowest BCUT2D eigenvalue weighted by atomic mass is 10.3. The van der Waals surface area contributed by atoms with Crippen LogP contribution in [0.3, 0.4) is 0 Å². The maximum Gasteiger partial charge on any atom is 0.236 e. The second-order valence-corrected chi connectivity index (χ2v) is 6.04. The number of hydrogen-bond donors (Lipinski definition) is 2. The molecule has 2 N–H and O–H groups in total. The Bertz CT molecular complexity index is 615. The van der Waals surface area contributed by atoms with Gasteiger partial charge in [-0.3, -0.25) is 9.59 Å². The molecule has 0 saturated carbocycles. The van der Waals surface area contributed by atoms with Gasteiger partial charge in [-0.1, -0.05) is 0 Å². The summed E-state index contributed by atoms with van der Waals surface area (Å²) in [6.07, 6.45) is 1.62. The van der Waals surface area contributed by atoms with E-state index < -0.39 is 0 Å². The van der Waals surface area contributed by atoms with Crippen LogP contribution in [0.1, 0.15) is 0 Å². The summed E-state index contributed by atoms with van der Waals surface area (Å²) in [7, 11) is 1.58. The second kappa shape index (κ2) is 8.40. The van der Waals surface area contributed by atoms with E-state index in [-0.39, 0.29) is 23.3 Å². The fourth-order valence-corrected chi connectivity index (χ4v) is 2.71. The van der Waals surface area contributed by atoms with Gasteiger partial charge in [0.15, 0.2) is 5.13 Å². The highest BCUT2D eigenvalue weighted by Gasteiger charge is 2.07. The number of anilines is 2. The third kappa shape index (κ3) is 5.38. The molecule has 1 aromatic carbocycles. The van der Waals surface area contributed by atoms with E-state index in [0.717, 1.165) is 5.75 Å². The maximum atomic E-state index is 11.8. The number of hydrogen-bond acceptors (Lipinski definition) is 6. The van der Waals surface area contributed by atoms with E-state index in [4.69, 9.17) is 4.74 Å². The van der Waals surface area contributed by atoms with Crippen molar-refractivity contribution in [3.05, 3.63) is 35.8 Å². The molecule has 2 rings (SSSR count). The Morgan fingerprint density at radius 1 is 1.18 bits per heavy atom. The molecule has 0 saturated heterocycles. The van der Waals surface area contributed by atoms with Crippen molar-refractivity contribution >= 4 is 45.7 Å². The summed E-state index contributed by atoms with van der Waals surface area (Å²) in [6.45, 7) is 0. The van der Waals surface area contributed by atoms with Crippen molar-refractivity contribution in [3.63, 3.8) is 0 Å². The average Bonchev–Trinajstić information content (AvgIpc) is 3.01. The molecule has 0 spiro atoms. The number of rotatable bonds is 7. The summed E-state index contributed by atoms with van der Waals surface area (Å²) < 4.78 is 5.04. The van der Waals surface area contributed by atoms with Crippen molar-refractivity contribution in [2.75, 3.05) is 29.2 Å². The predicted octanol–water partition coefficient (Wildman–Crippen LogP) is 2.46. The zero-order valence-corrected chi connectivity index (χ0v) is 13.5. The number of methoxy groups -OCH3 is 1. The van der Waals surface area contributed by atoms with Crippen LogP contribution in [0.5, 0.6) is 5.75 Å². The fourth-order valence-electron chi connectivity index (χ4n) is 1.55. The van der Waals surface area contributed by atoms with Gasteiger partial charge in [-0.2, -0.15) is 0 Å². The number of nitrogens with zero attached hydrogens (tertiary/aromatic N) is 1. The maximum absolute atomic E-state index is 11.8. The molecule has 2 amide bonds. The number of amides is 2. The number of nitrogens with one attached hydrogen (secondary N) is 2. The number of ether oxygens (including phenoxy) is 1. The number of aromatic nitrogens is 1. The van der Waals surface area contributed by atoms with E-state index in [9.17, 15) is 9.59 Å². The minimum absolute atomic E-state index is 0.155. The summed E-state index contributed by atoms with van der Waals surface area (Å²) in [5, 5.41) is 7.76. The van der Waals surface area contributed by atoms with Crippen LogP contribution in [0, 0.1) is 0 Å². The molecular formula is C14H15N3O3S2. The Balaban J connectivity index is 1.67. The minimum Gasteiger partial charge on any atom is -0.497 e. The van der Waals surface area contributed by atoms with Gasteiger partial charge in [0.1, 0.15) is 5.75 Å². The number of carbonyl (C=O) groups is 2. The number of thiazole rings is 1. The van der Waals surface area contributed by atoms with Crippen LogP contribution in [0.25, 0.3) is 0 Å². The van der Waals surface area contributed by atoms with Crippen LogP contribution in [-0.4, -0.2) is 35.4 Å². The van der Waals surface area contributed by atoms with Crippen LogP contribution in [0.15, 0.2) is 35.8 Å². The lowest BCUT2D eigenvalue weighted by molar-refractivity contribution is -0.114. The first-order valence-electron chi connectivity index (χ1n) is 6.38. The van der Waals surface area contributed by atoms with Gasteiger partial charge < -0.3 is 15.4 Å². The van der Waals surface area contributed by atoms with Gasteiger partial charge in [0, 0.05) is 17.3 Å². The Kier molecular flexibility index (Phi) is 6.23. The van der Waals surface area contributed by atoms with Gasteiger partial charge in [0.05, 0.1) is 18.6 Å². The Morgan fingerprint density at radius 2 is 1.86 bits per heavy atom. The molecule has 2 aromatic rings. The molecule has 6 nitrogen and oxygen atoms in total. The first kappa shape index (κ1) is 16.3. The normalized spacial score (nSPS) is 10.0. The largest absolute Gasteiger partial charge is 0.497 e. The Morgan fingerprint density at radius 3 is 2.45 bits per heavy atom. The van der Waals surface area contributed by atoms with Crippen LogP contribution in [-0.2, 0) is 9.59 Å². The Labute approximate surface area is 136 Å². The van der Waals surface area contributed by atoms with Crippen molar-refractivity contribution in [1.29, 1.82) is 0 Å². The molecule has 1 heterocycles. The van der Waals surface area contributed by atoms with Crippen molar-refractivity contribution < 1.29 is 14.3 Å². The van der Waals surface area contributed by atoms with Crippen molar-refractivity contribution in [2.24, 2.45) is 0 Å². The highest BCUT2D eigenvalue weighted by atomic mass is 32.2. The minimum atomic E-state index is -0.169. The summed E-state index contributed by atoms with van der Waals surface area (Å²) in [5.74, 6) is 0.813. The molecule has 0 fully saturated rings. The Hall–Kier alpha value is -2.06. The van der Waals surface area contributed by atoms with Crippen molar-refractivity contribution in [3.8, 4) is 5.75 Å². The lowest BCUT2D eigenvalue weighted by Crippen LogP contribution is -2.18. The highest BCUT2D eigenvalue weighted by Crippen LogP contribution is 2.15. The van der Waals surface area contributed by atoms with E-state index in [1.54, 1.807) is 43.0 Å². The molecule has 0 bridgehead atoms. The zero-order chi connectivity index (χ0) is 15.8. The first-order chi connectivity index (χ1) is 10.7. The third-order valence-electron chi connectivity index (χ3n) is 2.52. The summed E-state index contributed by atoms with van der Waals surface area (Å²) in [4.78, 5) is 27.3. The van der Waals surface area contributed by atoms with E-state index in [1.165, 1.54) is 23.1 Å². The molecular weight excluding hydrogens is 322 g/mol.